The molecule has 2 N–H and O–H groups in total. The molecule has 7 nitrogen and oxygen atoms in total. The van der Waals surface area contributed by atoms with Crippen molar-refractivity contribution in [1.29, 1.82) is 0 Å². The molecule has 43 heavy (non-hydrogen) atoms. The summed E-state index contributed by atoms with van der Waals surface area (Å²) in [5.41, 5.74) is 5.15. The van der Waals surface area contributed by atoms with Crippen LogP contribution >= 0.6 is 23.2 Å². The van der Waals surface area contributed by atoms with Crippen LogP contribution in [0.4, 0.5) is 0 Å². The van der Waals surface area contributed by atoms with Crippen molar-refractivity contribution >= 4 is 34.7 Å². The molecule has 226 valence electrons. The van der Waals surface area contributed by atoms with Gasteiger partial charge in [0.15, 0.2) is 5.75 Å². The number of piperazine rings is 1. The predicted octanol–water partition coefficient (Wildman–Crippen LogP) is 6.05. The SMILES string of the molecule is COc1cccc(CN(C(=O)C2=C(c3cccc(OCCOc4c(Cl)cccc4Cl)c3)C[C@@H]3CNC[C@H]2N3)C2CC2)c1C. The molecule has 2 fully saturated rings. The van der Waals surface area contributed by atoms with Gasteiger partial charge in [-0.25, -0.2) is 0 Å². The zero-order chi connectivity index (χ0) is 29.9. The number of rotatable bonds is 11. The molecule has 0 aromatic heterocycles. The molecular formula is C34H37Cl2N3O4. The van der Waals surface area contributed by atoms with E-state index in [0.717, 1.165) is 71.7 Å². The summed E-state index contributed by atoms with van der Waals surface area (Å²) < 4.78 is 17.4. The number of nitrogens with zero attached hydrogens (tertiary/aromatic N) is 1. The Morgan fingerprint density at radius 3 is 2.49 bits per heavy atom. The fraction of sp³-hybridized carbons (Fsp3) is 0.382. The lowest BCUT2D eigenvalue weighted by Gasteiger charge is -2.41. The number of amides is 1. The van der Waals surface area contributed by atoms with E-state index in [1.54, 1.807) is 25.3 Å². The van der Waals surface area contributed by atoms with Crippen LogP contribution in [0.25, 0.3) is 5.57 Å². The number of hydrogen-bond donors (Lipinski definition) is 2. The maximum absolute atomic E-state index is 14.5. The van der Waals surface area contributed by atoms with Crippen molar-refractivity contribution in [2.24, 2.45) is 0 Å². The number of carbonyl (C=O) groups is 1. The quantitative estimate of drug-likeness (QED) is 0.254. The van der Waals surface area contributed by atoms with Gasteiger partial charge in [-0.05, 0) is 78.8 Å². The molecule has 3 aromatic rings. The summed E-state index contributed by atoms with van der Waals surface area (Å²) in [6.45, 7) is 4.82. The number of fused-ring (bicyclic) bond motifs is 2. The fourth-order valence-electron chi connectivity index (χ4n) is 6.08. The van der Waals surface area contributed by atoms with Crippen LogP contribution in [-0.2, 0) is 11.3 Å². The van der Waals surface area contributed by atoms with E-state index in [1.807, 2.05) is 30.3 Å². The maximum Gasteiger partial charge on any atom is 0.252 e. The lowest BCUT2D eigenvalue weighted by atomic mass is 9.83. The highest BCUT2D eigenvalue weighted by atomic mass is 35.5. The summed E-state index contributed by atoms with van der Waals surface area (Å²) in [5, 5.41) is 8.17. The largest absolute Gasteiger partial charge is 0.496 e. The van der Waals surface area contributed by atoms with E-state index in [-0.39, 0.29) is 24.0 Å². The standard InChI is InChI=1S/C34H37Cl2N3O4/c1-21-23(7-4-11-31(21)41-2)20-39(25-12-13-25)34(40)32-27(17-24-18-37-19-30(32)38-24)22-6-3-8-26(16-22)42-14-15-43-33-28(35)9-5-10-29(33)36/h3-11,16,24-25,30,37-38H,12-15,17-20H2,1-2H3/t24-,30-/m1/s1. The Morgan fingerprint density at radius 1 is 0.977 bits per heavy atom. The zero-order valence-corrected chi connectivity index (χ0v) is 26.0. The van der Waals surface area contributed by atoms with Crippen molar-refractivity contribution in [2.75, 3.05) is 33.4 Å². The minimum absolute atomic E-state index is 0.0546. The average molecular weight is 623 g/mol. The highest BCUT2D eigenvalue weighted by Crippen LogP contribution is 2.38. The third-order valence-corrected chi connectivity index (χ3v) is 9.03. The second-order valence-corrected chi connectivity index (χ2v) is 12.2. The van der Waals surface area contributed by atoms with E-state index in [9.17, 15) is 4.79 Å². The van der Waals surface area contributed by atoms with Gasteiger partial charge >= 0.3 is 0 Å². The molecule has 2 heterocycles. The number of para-hydroxylation sites is 1. The first-order valence-electron chi connectivity index (χ1n) is 14.9. The van der Waals surface area contributed by atoms with E-state index in [1.165, 1.54) is 0 Å². The zero-order valence-electron chi connectivity index (χ0n) is 24.5. The lowest BCUT2D eigenvalue weighted by molar-refractivity contribution is -0.128. The molecule has 3 aliphatic rings. The van der Waals surface area contributed by atoms with Crippen LogP contribution in [0.3, 0.4) is 0 Å². The first kappa shape index (κ1) is 29.8. The Kier molecular flexibility index (Phi) is 9.14. The predicted molar refractivity (Wildman–Crippen MR) is 170 cm³/mol. The number of halogens is 2. The molecular weight excluding hydrogens is 585 g/mol. The Morgan fingerprint density at radius 2 is 1.72 bits per heavy atom. The van der Waals surface area contributed by atoms with E-state index in [2.05, 4.69) is 34.6 Å². The van der Waals surface area contributed by atoms with Crippen LogP contribution in [0.1, 0.15) is 36.0 Å². The Balaban J connectivity index is 1.25. The number of carbonyl (C=O) groups excluding carboxylic acids is 1. The third kappa shape index (κ3) is 6.65. The van der Waals surface area contributed by atoms with Gasteiger partial charge in [-0.1, -0.05) is 53.5 Å². The van der Waals surface area contributed by atoms with Gasteiger partial charge in [0, 0.05) is 37.3 Å². The summed E-state index contributed by atoms with van der Waals surface area (Å²) in [6.07, 6.45) is 2.82. The molecule has 3 aromatic carbocycles. The fourth-order valence-corrected chi connectivity index (χ4v) is 6.59. The summed E-state index contributed by atoms with van der Waals surface area (Å²) in [7, 11) is 1.69. The maximum atomic E-state index is 14.5. The highest BCUT2D eigenvalue weighted by Gasteiger charge is 2.41. The van der Waals surface area contributed by atoms with E-state index in [4.69, 9.17) is 37.4 Å². The minimum Gasteiger partial charge on any atom is -0.496 e. The molecule has 1 saturated carbocycles. The number of hydrogen-bond acceptors (Lipinski definition) is 6. The van der Waals surface area contributed by atoms with E-state index >= 15 is 0 Å². The number of benzene rings is 3. The molecule has 0 radical (unpaired) electrons. The minimum atomic E-state index is -0.0546. The Hall–Kier alpha value is -3.23. The molecule has 2 atom stereocenters. The van der Waals surface area contributed by atoms with Crippen molar-refractivity contribution in [2.45, 2.75) is 50.9 Å². The van der Waals surface area contributed by atoms with Crippen LogP contribution in [0, 0.1) is 6.92 Å². The molecule has 1 amide bonds. The van der Waals surface area contributed by atoms with E-state index in [0.29, 0.717) is 35.6 Å². The topological polar surface area (TPSA) is 72.1 Å². The molecule has 1 aliphatic carbocycles. The molecule has 0 unspecified atom stereocenters. The number of ether oxygens (including phenoxy) is 3. The van der Waals surface area contributed by atoms with Gasteiger partial charge in [-0.3, -0.25) is 4.79 Å². The van der Waals surface area contributed by atoms with Gasteiger partial charge in [0.05, 0.1) is 23.2 Å². The summed E-state index contributed by atoms with van der Waals surface area (Å²) in [4.78, 5) is 16.6. The van der Waals surface area contributed by atoms with Gasteiger partial charge < -0.3 is 29.7 Å². The molecule has 2 aliphatic heterocycles. The molecule has 1 saturated heterocycles. The van der Waals surface area contributed by atoms with Crippen LogP contribution in [-0.4, -0.2) is 62.3 Å². The monoisotopic (exact) mass is 621 g/mol. The van der Waals surface area contributed by atoms with Crippen molar-refractivity contribution in [1.82, 2.24) is 15.5 Å². The van der Waals surface area contributed by atoms with Crippen molar-refractivity contribution in [3.63, 3.8) is 0 Å². The van der Waals surface area contributed by atoms with Crippen molar-refractivity contribution in [3.8, 4) is 17.2 Å². The van der Waals surface area contributed by atoms with Gasteiger partial charge in [-0.15, -0.1) is 0 Å². The first-order valence-corrected chi connectivity index (χ1v) is 15.6. The van der Waals surface area contributed by atoms with Crippen molar-refractivity contribution < 1.29 is 19.0 Å². The Labute approximate surface area is 263 Å². The Bertz CT molecular complexity index is 1500. The average Bonchev–Trinajstić information content (AvgIpc) is 3.85. The number of nitrogens with one attached hydrogen (secondary N) is 2. The molecule has 0 spiro atoms. The smallest absolute Gasteiger partial charge is 0.252 e. The van der Waals surface area contributed by atoms with Gasteiger partial charge in [0.25, 0.3) is 5.91 Å². The lowest BCUT2D eigenvalue weighted by Crippen LogP contribution is -2.60. The van der Waals surface area contributed by atoms with Crippen LogP contribution in [0.15, 0.2) is 66.2 Å². The van der Waals surface area contributed by atoms with Gasteiger partial charge in [0.1, 0.15) is 24.7 Å². The normalized spacial score (nSPS) is 19.6. The second kappa shape index (κ2) is 13.2. The third-order valence-electron chi connectivity index (χ3n) is 8.44. The van der Waals surface area contributed by atoms with Crippen LogP contribution in [0.5, 0.6) is 17.2 Å². The van der Waals surface area contributed by atoms with Crippen LogP contribution in [0.2, 0.25) is 10.0 Å². The van der Waals surface area contributed by atoms with Crippen LogP contribution < -0.4 is 24.8 Å². The second-order valence-electron chi connectivity index (χ2n) is 11.4. The number of methoxy groups -OCH3 is 1. The van der Waals surface area contributed by atoms with Crippen molar-refractivity contribution in [3.05, 3.63) is 93.0 Å². The highest BCUT2D eigenvalue weighted by molar-refractivity contribution is 6.37. The summed E-state index contributed by atoms with van der Waals surface area (Å²) >= 11 is 12.4. The van der Waals surface area contributed by atoms with Gasteiger partial charge in [-0.2, -0.15) is 0 Å². The molecule has 2 bridgehead atoms. The summed E-state index contributed by atoms with van der Waals surface area (Å²) in [5.74, 6) is 2.13. The van der Waals surface area contributed by atoms with E-state index < -0.39 is 0 Å². The molecule has 9 heteroatoms. The first-order chi connectivity index (χ1) is 20.9. The van der Waals surface area contributed by atoms with Gasteiger partial charge in [0.2, 0.25) is 0 Å². The molecule has 6 rings (SSSR count). The summed E-state index contributed by atoms with van der Waals surface area (Å²) in [6, 6.07) is 19.8.